The van der Waals surface area contributed by atoms with Gasteiger partial charge in [0.25, 0.3) is 0 Å². The third-order valence-corrected chi connectivity index (χ3v) is 8.35. The second kappa shape index (κ2) is 8.42. The summed E-state index contributed by atoms with van der Waals surface area (Å²) in [6.45, 7) is 0.361. The number of nitrogens with zero attached hydrogens (tertiary/aromatic N) is 2. The lowest BCUT2D eigenvalue weighted by Crippen LogP contribution is -2.70. The zero-order valence-electron chi connectivity index (χ0n) is 21.5. The van der Waals surface area contributed by atoms with E-state index >= 15 is 0 Å². The summed E-state index contributed by atoms with van der Waals surface area (Å²) in [7, 11) is 0. The van der Waals surface area contributed by atoms with Crippen LogP contribution in [-0.2, 0) is 21.5 Å². The van der Waals surface area contributed by atoms with Gasteiger partial charge in [0.05, 0.1) is 18.3 Å². The molecule has 0 saturated carbocycles. The highest BCUT2D eigenvalue weighted by Crippen LogP contribution is 2.60. The standard InChI is InChI=1S/C35H24N2O3/c38-33-35(32(24-14-6-2-7-15-24)37(34(35)39)25-16-8-3-9-17-25)28-20-27-26-18-10-11-19-30(26)40-31(27)21-29(28)36(33)22-23-12-4-1-5-13-23/h1-21,32H,22H2/t32-,35?/m0/s1. The highest BCUT2D eigenvalue weighted by atomic mass is 16.3. The Bertz CT molecular complexity index is 1930. The van der Waals surface area contributed by atoms with E-state index in [4.69, 9.17) is 4.42 Å². The van der Waals surface area contributed by atoms with Crippen molar-refractivity contribution >= 4 is 45.1 Å². The first-order chi connectivity index (χ1) is 19.7. The predicted octanol–water partition coefficient (Wildman–Crippen LogP) is 7.16. The normalized spacial score (nSPS) is 19.9. The van der Waals surface area contributed by atoms with Gasteiger partial charge in [0.1, 0.15) is 11.2 Å². The number of hydrogen-bond donors (Lipinski definition) is 0. The fourth-order valence-corrected chi connectivity index (χ4v) is 6.57. The van der Waals surface area contributed by atoms with Crippen LogP contribution in [0.25, 0.3) is 21.9 Å². The summed E-state index contributed by atoms with van der Waals surface area (Å²) in [6.07, 6.45) is 0. The van der Waals surface area contributed by atoms with Crippen LogP contribution < -0.4 is 9.80 Å². The molecule has 192 valence electrons. The molecule has 3 heterocycles. The van der Waals surface area contributed by atoms with E-state index in [2.05, 4.69) is 0 Å². The third-order valence-electron chi connectivity index (χ3n) is 8.35. The molecule has 5 heteroatoms. The maximum absolute atomic E-state index is 14.8. The molecule has 1 fully saturated rings. The highest BCUT2D eigenvalue weighted by Gasteiger charge is 2.72. The highest BCUT2D eigenvalue weighted by molar-refractivity contribution is 6.31. The van der Waals surface area contributed by atoms with Gasteiger partial charge in [0, 0.05) is 28.1 Å². The van der Waals surface area contributed by atoms with Crippen LogP contribution in [0, 0.1) is 0 Å². The van der Waals surface area contributed by atoms with Gasteiger partial charge in [-0.05, 0) is 35.4 Å². The number of carbonyl (C=O) groups excluding carboxylic acids is 2. The first-order valence-corrected chi connectivity index (χ1v) is 13.4. The van der Waals surface area contributed by atoms with Crippen molar-refractivity contribution in [3.05, 3.63) is 144 Å². The quantitative estimate of drug-likeness (QED) is 0.183. The summed E-state index contributed by atoms with van der Waals surface area (Å²) in [6, 6.07) is 40.8. The molecule has 0 aliphatic carbocycles. The third kappa shape index (κ3) is 2.97. The van der Waals surface area contributed by atoms with Crippen LogP contribution in [-0.4, -0.2) is 11.8 Å². The van der Waals surface area contributed by atoms with E-state index in [0.717, 1.165) is 44.4 Å². The molecule has 2 aliphatic rings. The zero-order chi connectivity index (χ0) is 26.8. The first-order valence-electron chi connectivity index (χ1n) is 13.4. The van der Waals surface area contributed by atoms with Gasteiger partial charge < -0.3 is 14.2 Å². The summed E-state index contributed by atoms with van der Waals surface area (Å²) in [5.74, 6) is -0.407. The Labute approximate surface area is 230 Å². The molecule has 0 N–H and O–H groups in total. The zero-order valence-corrected chi connectivity index (χ0v) is 21.5. The van der Waals surface area contributed by atoms with E-state index in [-0.39, 0.29) is 11.8 Å². The number of para-hydroxylation sites is 2. The fraction of sp³-hybridized carbons (Fsp3) is 0.0857. The summed E-state index contributed by atoms with van der Waals surface area (Å²) in [5, 5.41) is 1.87. The van der Waals surface area contributed by atoms with Crippen LogP contribution in [0.2, 0.25) is 0 Å². The largest absolute Gasteiger partial charge is 0.456 e. The number of benzene rings is 5. The minimum absolute atomic E-state index is 0.200. The van der Waals surface area contributed by atoms with E-state index in [0.29, 0.717) is 12.1 Å². The van der Waals surface area contributed by atoms with Gasteiger partial charge in [-0.15, -0.1) is 0 Å². The van der Waals surface area contributed by atoms with Crippen LogP contribution in [0.1, 0.15) is 22.7 Å². The summed E-state index contributed by atoms with van der Waals surface area (Å²) >= 11 is 0. The number of anilines is 2. The molecule has 1 saturated heterocycles. The minimum atomic E-state index is -1.38. The van der Waals surface area contributed by atoms with Gasteiger partial charge in [-0.25, -0.2) is 0 Å². The number of fused-ring (bicyclic) bond motifs is 5. The lowest BCUT2D eigenvalue weighted by atomic mass is 9.63. The lowest BCUT2D eigenvalue weighted by molar-refractivity contribution is -0.142. The Morgan fingerprint density at radius 3 is 2.05 bits per heavy atom. The monoisotopic (exact) mass is 520 g/mol. The Morgan fingerprint density at radius 2 is 1.30 bits per heavy atom. The van der Waals surface area contributed by atoms with Crippen LogP contribution in [0.15, 0.2) is 132 Å². The fourth-order valence-electron chi connectivity index (χ4n) is 6.57. The maximum Gasteiger partial charge on any atom is 0.250 e. The molecule has 1 spiro atoms. The van der Waals surface area contributed by atoms with Gasteiger partial charge in [-0.2, -0.15) is 0 Å². The molecule has 1 aromatic heterocycles. The van der Waals surface area contributed by atoms with Crippen molar-refractivity contribution < 1.29 is 14.0 Å². The second-order valence-electron chi connectivity index (χ2n) is 10.5. The Hall–Kier alpha value is -5.16. The Morgan fingerprint density at radius 1 is 0.650 bits per heavy atom. The van der Waals surface area contributed by atoms with E-state index < -0.39 is 11.5 Å². The van der Waals surface area contributed by atoms with E-state index in [1.165, 1.54) is 0 Å². The number of carbonyl (C=O) groups is 2. The molecular formula is C35H24N2O3. The van der Waals surface area contributed by atoms with E-state index in [1.807, 2.05) is 127 Å². The van der Waals surface area contributed by atoms with Crippen molar-refractivity contribution in [2.75, 3.05) is 9.80 Å². The van der Waals surface area contributed by atoms with Gasteiger partial charge in [0.2, 0.25) is 11.8 Å². The minimum Gasteiger partial charge on any atom is -0.456 e. The summed E-state index contributed by atoms with van der Waals surface area (Å²) in [4.78, 5) is 32.8. The molecule has 0 radical (unpaired) electrons. The average Bonchev–Trinajstić information content (AvgIpc) is 3.48. The lowest BCUT2D eigenvalue weighted by Gasteiger charge is -2.53. The molecule has 2 atom stereocenters. The van der Waals surface area contributed by atoms with Gasteiger partial charge in [0.15, 0.2) is 5.41 Å². The average molecular weight is 521 g/mol. The van der Waals surface area contributed by atoms with Crippen LogP contribution in [0.5, 0.6) is 0 Å². The number of hydrogen-bond acceptors (Lipinski definition) is 3. The van der Waals surface area contributed by atoms with Crippen molar-refractivity contribution in [1.29, 1.82) is 0 Å². The number of rotatable bonds is 4. The van der Waals surface area contributed by atoms with Gasteiger partial charge in [-0.1, -0.05) is 97.1 Å². The van der Waals surface area contributed by atoms with Crippen molar-refractivity contribution in [1.82, 2.24) is 0 Å². The van der Waals surface area contributed by atoms with Crippen molar-refractivity contribution in [2.24, 2.45) is 0 Å². The topological polar surface area (TPSA) is 53.8 Å². The SMILES string of the molecule is O=C1N(Cc2ccccc2)c2cc3oc4ccccc4c3cc2C12C(=O)N(c1ccccc1)[C@H]2c1ccccc1. The Kier molecular flexibility index (Phi) is 4.80. The molecule has 5 aromatic carbocycles. The second-order valence-corrected chi connectivity index (χ2v) is 10.5. The Balaban J connectivity index is 1.40. The maximum atomic E-state index is 14.8. The van der Waals surface area contributed by atoms with Crippen LogP contribution in [0.4, 0.5) is 11.4 Å². The van der Waals surface area contributed by atoms with Crippen LogP contribution in [0.3, 0.4) is 0 Å². The number of β-lactam (4-membered cyclic amide) rings is 1. The molecule has 8 rings (SSSR count). The van der Waals surface area contributed by atoms with Crippen molar-refractivity contribution in [2.45, 2.75) is 18.0 Å². The summed E-state index contributed by atoms with van der Waals surface area (Å²) < 4.78 is 6.23. The molecule has 40 heavy (non-hydrogen) atoms. The van der Waals surface area contributed by atoms with Gasteiger partial charge >= 0.3 is 0 Å². The molecule has 1 unspecified atom stereocenters. The smallest absolute Gasteiger partial charge is 0.250 e. The van der Waals surface area contributed by atoms with E-state index in [9.17, 15) is 9.59 Å². The molecular weight excluding hydrogens is 496 g/mol. The molecule has 5 nitrogen and oxygen atoms in total. The van der Waals surface area contributed by atoms with Crippen LogP contribution >= 0.6 is 0 Å². The predicted molar refractivity (Wildman–Crippen MR) is 156 cm³/mol. The van der Waals surface area contributed by atoms with Crippen molar-refractivity contribution in [3.8, 4) is 0 Å². The number of furan rings is 1. The van der Waals surface area contributed by atoms with Crippen molar-refractivity contribution in [3.63, 3.8) is 0 Å². The molecule has 2 amide bonds. The number of amides is 2. The molecule has 6 aromatic rings. The molecule has 2 aliphatic heterocycles. The first kappa shape index (κ1) is 22.8. The van der Waals surface area contributed by atoms with Gasteiger partial charge in [-0.3, -0.25) is 9.59 Å². The summed E-state index contributed by atoms with van der Waals surface area (Å²) in [5.41, 5.74) is 4.25. The molecule has 0 bridgehead atoms. The van der Waals surface area contributed by atoms with E-state index in [1.54, 1.807) is 9.80 Å².